The zero-order chi connectivity index (χ0) is 10.6. The van der Waals surface area contributed by atoms with Gasteiger partial charge in [0.15, 0.2) is 0 Å². The second-order valence-corrected chi connectivity index (χ2v) is 4.80. The van der Waals surface area contributed by atoms with E-state index in [2.05, 4.69) is 40.8 Å². The van der Waals surface area contributed by atoms with Crippen LogP contribution in [0.15, 0.2) is 24.3 Å². The molecule has 0 aliphatic rings. The molecule has 0 aliphatic heterocycles. The second kappa shape index (κ2) is 5.49. The summed E-state index contributed by atoms with van der Waals surface area (Å²) in [7, 11) is 0. The van der Waals surface area contributed by atoms with E-state index >= 15 is 0 Å². The van der Waals surface area contributed by atoms with E-state index in [1.807, 2.05) is 13.0 Å². The minimum atomic E-state index is 0.186. The van der Waals surface area contributed by atoms with Crippen molar-refractivity contribution in [1.29, 1.82) is 0 Å². The van der Waals surface area contributed by atoms with E-state index in [-0.39, 0.29) is 11.7 Å². The molecule has 0 saturated carbocycles. The maximum absolute atomic E-state index is 11.0. The van der Waals surface area contributed by atoms with Crippen LogP contribution in [0.1, 0.15) is 25.8 Å². The van der Waals surface area contributed by atoms with E-state index in [1.165, 1.54) is 9.13 Å². The Labute approximate surface area is 99.0 Å². The van der Waals surface area contributed by atoms with Crippen LogP contribution in [-0.2, 0) is 11.2 Å². The lowest BCUT2D eigenvalue weighted by molar-refractivity contribution is -0.120. The molecule has 2 heteroatoms. The normalized spacial score (nSPS) is 12.5. The molecule has 0 N–H and O–H groups in total. The second-order valence-electron chi connectivity index (χ2n) is 3.64. The number of carbonyl (C=O) groups is 1. The van der Waals surface area contributed by atoms with Crippen molar-refractivity contribution in [3.05, 3.63) is 33.4 Å². The molecule has 1 aromatic rings. The molecule has 1 nitrogen and oxygen atoms in total. The van der Waals surface area contributed by atoms with Crippen molar-refractivity contribution in [1.82, 2.24) is 0 Å². The summed E-state index contributed by atoms with van der Waals surface area (Å²) in [5.41, 5.74) is 1.35. The van der Waals surface area contributed by atoms with Crippen molar-refractivity contribution in [2.45, 2.75) is 26.7 Å². The lowest BCUT2D eigenvalue weighted by Gasteiger charge is -2.08. The number of hydrogen-bond acceptors (Lipinski definition) is 1. The van der Waals surface area contributed by atoms with Gasteiger partial charge in [-0.05, 0) is 54.0 Å². The predicted molar refractivity (Wildman–Crippen MR) is 67.3 cm³/mol. The first kappa shape index (κ1) is 11.7. The molecule has 0 radical (unpaired) electrons. The van der Waals surface area contributed by atoms with Crippen molar-refractivity contribution >= 4 is 28.4 Å². The van der Waals surface area contributed by atoms with E-state index in [0.717, 1.165) is 12.8 Å². The Hall–Kier alpha value is -0.380. The van der Waals surface area contributed by atoms with E-state index in [9.17, 15) is 4.79 Å². The van der Waals surface area contributed by atoms with Crippen LogP contribution in [0.3, 0.4) is 0 Å². The molecule has 0 spiro atoms. The molecule has 0 saturated heterocycles. The van der Waals surface area contributed by atoms with E-state index in [1.54, 1.807) is 6.92 Å². The average Bonchev–Trinajstić information content (AvgIpc) is 2.16. The van der Waals surface area contributed by atoms with Crippen LogP contribution >= 0.6 is 22.6 Å². The van der Waals surface area contributed by atoms with Crippen molar-refractivity contribution in [3.63, 3.8) is 0 Å². The van der Waals surface area contributed by atoms with Crippen LogP contribution in [0.2, 0.25) is 0 Å². The van der Waals surface area contributed by atoms with Gasteiger partial charge in [-0.3, -0.25) is 4.79 Å². The third kappa shape index (κ3) is 3.40. The SMILES string of the molecule is CC(=O)C(C)CCc1ccccc1I. The molecule has 0 aliphatic carbocycles. The van der Waals surface area contributed by atoms with E-state index < -0.39 is 0 Å². The topological polar surface area (TPSA) is 17.1 Å². The molecule has 1 rings (SSSR count). The summed E-state index contributed by atoms with van der Waals surface area (Å²) in [5, 5.41) is 0. The van der Waals surface area contributed by atoms with Crippen molar-refractivity contribution in [3.8, 4) is 0 Å². The monoisotopic (exact) mass is 302 g/mol. The van der Waals surface area contributed by atoms with Crippen molar-refractivity contribution in [2.75, 3.05) is 0 Å². The van der Waals surface area contributed by atoms with Crippen molar-refractivity contribution in [2.24, 2.45) is 5.92 Å². The highest BCUT2D eigenvalue weighted by molar-refractivity contribution is 14.1. The van der Waals surface area contributed by atoms with Gasteiger partial charge >= 0.3 is 0 Å². The minimum Gasteiger partial charge on any atom is -0.300 e. The summed E-state index contributed by atoms with van der Waals surface area (Å²) >= 11 is 2.34. The number of halogens is 1. The Morgan fingerprint density at radius 2 is 2.07 bits per heavy atom. The van der Waals surface area contributed by atoms with Gasteiger partial charge in [0.1, 0.15) is 5.78 Å². The summed E-state index contributed by atoms with van der Waals surface area (Å²) in [6, 6.07) is 8.33. The first-order valence-corrected chi connectivity index (χ1v) is 5.93. The summed E-state index contributed by atoms with van der Waals surface area (Å²) in [6.45, 7) is 3.67. The van der Waals surface area contributed by atoms with Gasteiger partial charge < -0.3 is 0 Å². The Bertz CT molecular complexity index is 320. The van der Waals surface area contributed by atoms with Crippen LogP contribution in [0.5, 0.6) is 0 Å². The Morgan fingerprint density at radius 3 is 2.64 bits per heavy atom. The summed E-state index contributed by atoms with van der Waals surface area (Å²) in [4.78, 5) is 11.0. The molecule has 0 heterocycles. The van der Waals surface area contributed by atoms with Crippen molar-refractivity contribution < 1.29 is 4.79 Å². The number of Topliss-reactive ketones (excluding diaryl/α,β-unsaturated/α-hetero) is 1. The molecule has 0 bridgehead atoms. The molecule has 1 atom stereocenters. The maximum atomic E-state index is 11.0. The fourth-order valence-corrected chi connectivity index (χ4v) is 1.93. The fourth-order valence-electron chi connectivity index (χ4n) is 1.28. The number of carbonyl (C=O) groups excluding carboxylic acids is 1. The lowest BCUT2D eigenvalue weighted by atomic mass is 9.98. The first-order valence-electron chi connectivity index (χ1n) is 4.85. The largest absolute Gasteiger partial charge is 0.300 e. The fraction of sp³-hybridized carbons (Fsp3) is 0.417. The molecular weight excluding hydrogens is 287 g/mol. The number of rotatable bonds is 4. The van der Waals surface area contributed by atoms with Crippen LogP contribution in [0, 0.1) is 9.49 Å². The first-order chi connectivity index (χ1) is 6.61. The Balaban J connectivity index is 2.54. The van der Waals surface area contributed by atoms with Gasteiger partial charge in [-0.2, -0.15) is 0 Å². The number of benzene rings is 1. The van der Waals surface area contributed by atoms with Gasteiger partial charge in [0.2, 0.25) is 0 Å². The van der Waals surface area contributed by atoms with Crippen LogP contribution in [-0.4, -0.2) is 5.78 Å². The smallest absolute Gasteiger partial charge is 0.132 e. The molecule has 14 heavy (non-hydrogen) atoms. The van der Waals surface area contributed by atoms with Crippen LogP contribution in [0.25, 0.3) is 0 Å². The van der Waals surface area contributed by atoms with Crippen LogP contribution in [0.4, 0.5) is 0 Å². The quantitative estimate of drug-likeness (QED) is 0.779. The third-order valence-electron chi connectivity index (χ3n) is 2.50. The molecule has 0 amide bonds. The highest BCUT2D eigenvalue weighted by atomic mass is 127. The average molecular weight is 302 g/mol. The summed E-state index contributed by atoms with van der Waals surface area (Å²) in [5.74, 6) is 0.474. The summed E-state index contributed by atoms with van der Waals surface area (Å²) < 4.78 is 1.29. The van der Waals surface area contributed by atoms with Crippen LogP contribution < -0.4 is 0 Å². The zero-order valence-corrected chi connectivity index (χ0v) is 10.7. The molecule has 1 aromatic carbocycles. The number of ketones is 1. The van der Waals surface area contributed by atoms with E-state index in [4.69, 9.17) is 0 Å². The van der Waals surface area contributed by atoms with Gasteiger partial charge in [0, 0.05) is 9.49 Å². The number of hydrogen-bond donors (Lipinski definition) is 0. The third-order valence-corrected chi connectivity index (χ3v) is 3.55. The van der Waals surface area contributed by atoms with Gasteiger partial charge in [-0.1, -0.05) is 25.1 Å². The minimum absolute atomic E-state index is 0.186. The molecule has 0 aromatic heterocycles. The zero-order valence-electron chi connectivity index (χ0n) is 8.59. The highest BCUT2D eigenvalue weighted by Crippen LogP contribution is 2.16. The van der Waals surface area contributed by atoms with Gasteiger partial charge in [-0.15, -0.1) is 0 Å². The molecule has 76 valence electrons. The van der Waals surface area contributed by atoms with Gasteiger partial charge in [-0.25, -0.2) is 0 Å². The predicted octanol–water partition coefficient (Wildman–Crippen LogP) is 3.45. The molecule has 0 fully saturated rings. The Kier molecular flexibility index (Phi) is 4.58. The maximum Gasteiger partial charge on any atom is 0.132 e. The molecule has 1 unspecified atom stereocenters. The van der Waals surface area contributed by atoms with E-state index in [0.29, 0.717) is 0 Å². The number of aryl methyl sites for hydroxylation is 1. The lowest BCUT2D eigenvalue weighted by Crippen LogP contribution is -2.07. The molecular formula is C12H15IO. The Morgan fingerprint density at radius 1 is 1.43 bits per heavy atom. The standard InChI is InChI=1S/C12H15IO/c1-9(10(2)14)7-8-11-5-3-4-6-12(11)13/h3-6,9H,7-8H2,1-2H3. The highest BCUT2D eigenvalue weighted by Gasteiger charge is 2.08. The van der Waals surface area contributed by atoms with Gasteiger partial charge in [0.25, 0.3) is 0 Å². The summed E-state index contributed by atoms with van der Waals surface area (Å²) in [6.07, 6.45) is 1.95. The van der Waals surface area contributed by atoms with Gasteiger partial charge in [0.05, 0.1) is 0 Å².